The van der Waals surface area contributed by atoms with E-state index in [1.165, 1.54) is 23.1 Å². The van der Waals surface area contributed by atoms with Crippen LogP contribution in [0.4, 0.5) is 5.00 Å². The number of hydrogen-bond donors (Lipinski definition) is 2. The lowest BCUT2D eigenvalue weighted by molar-refractivity contribution is -0.114. The van der Waals surface area contributed by atoms with Crippen LogP contribution in [0.3, 0.4) is 0 Å². The summed E-state index contributed by atoms with van der Waals surface area (Å²) < 4.78 is 0. The molecule has 0 radical (unpaired) electrons. The van der Waals surface area contributed by atoms with Crippen molar-refractivity contribution in [2.45, 2.75) is 39.5 Å². The topological polar surface area (TPSA) is 72.2 Å². The number of thiophene rings is 1. The standard InChI is InChI=1S/C13H18N2O2S/c1-3-8-4-5-9-10(6-8)18-13(15-7(2)16)11(9)12(14)17/h8H,3-6H2,1-2H3,(H2,14,17)(H,15,16)/t8-/m0/s1. The molecule has 0 unspecified atom stereocenters. The highest BCUT2D eigenvalue weighted by molar-refractivity contribution is 7.17. The molecule has 5 heteroatoms. The molecule has 0 spiro atoms. The van der Waals surface area contributed by atoms with Crippen LogP contribution >= 0.6 is 11.3 Å². The Labute approximate surface area is 111 Å². The number of hydrogen-bond acceptors (Lipinski definition) is 3. The molecule has 1 aliphatic carbocycles. The van der Waals surface area contributed by atoms with Crippen LogP contribution in [0, 0.1) is 5.92 Å². The van der Waals surface area contributed by atoms with Crippen LogP contribution in [0.15, 0.2) is 0 Å². The summed E-state index contributed by atoms with van der Waals surface area (Å²) in [7, 11) is 0. The van der Waals surface area contributed by atoms with Crippen molar-refractivity contribution in [1.29, 1.82) is 0 Å². The molecule has 1 aliphatic rings. The molecule has 1 heterocycles. The van der Waals surface area contributed by atoms with Gasteiger partial charge >= 0.3 is 0 Å². The third-order valence-electron chi connectivity index (χ3n) is 3.48. The highest BCUT2D eigenvalue weighted by Crippen LogP contribution is 2.40. The second-order valence-corrected chi connectivity index (χ2v) is 5.88. The smallest absolute Gasteiger partial charge is 0.251 e. The molecule has 0 fully saturated rings. The van der Waals surface area contributed by atoms with Crippen LogP contribution in [-0.2, 0) is 17.6 Å². The van der Waals surface area contributed by atoms with E-state index in [1.807, 2.05) is 0 Å². The van der Waals surface area contributed by atoms with Crippen molar-refractivity contribution >= 4 is 28.2 Å². The second kappa shape index (κ2) is 5.10. The van der Waals surface area contributed by atoms with Gasteiger partial charge in [0.1, 0.15) is 5.00 Å². The third kappa shape index (κ3) is 2.41. The fraction of sp³-hybridized carbons (Fsp3) is 0.538. The van der Waals surface area contributed by atoms with E-state index in [0.717, 1.165) is 31.2 Å². The van der Waals surface area contributed by atoms with Crippen molar-refractivity contribution < 1.29 is 9.59 Å². The fourth-order valence-electron chi connectivity index (χ4n) is 2.51. The van der Waals surface area contributed by atoms with Gasteiger partial charge in [0.05, 0.1) is 5.56 Å². The van der Waals surface area contributed by atoms with Gasteiger partial charge in [-0.3, -0.25) is 9.59 Å². The molecule has 2 rings (SSSR count). The molecule has 2 amide bonds. The van der Waals surface area contributed by atoms with Crippen molar-refractivity contribution in [3.8, 4) is 0 Å². The van der Waals surface area contributed by atoms with E-state index in [2.05, 4.69) is 12.2 Å². The van der Waals surface area contributed by atoms with Gasteiger partial charge in [-0.1, -0.05) is 13.3 Å². The monoisotopic (exact) mass is 266 g/mol. The van der Waals surface area contributed by atoms with Crippen LogP contribution in [-0.4, -0.2) is 11.8 Å². The summed E-state index contributed by atoms with van der Waals surface area (Å²) in [6, 6.07) is 0. The Kier molecular flexibility index (Phi) is 3.71. The fourth-order valence-corrected chi connectivity index (χ4v) is 3.92. The first-order valence-corrected chi connectivity index (χ1v) is 7.06. The number of primary amides is 1. The molecule has 0 saturated heterocycles. The van der Waals surface area contributed by atoms with Gasteiger partial charge in [-0.25, -0.2) is 0 Å². The van der Waals surface area contributed by atoms with E-state index in [-0.39, 0.29) is 5.91 Å². The molecule has 4 nitrogen and oxygen atoms in total. The van der Waals surface area contributed by atoms with Gasteiger partial charge in [-0.15, -0.1) is 11.3 Å². The van der Waals surface area contributed by atoms with E-state index in [9.17, 15) is 9.59 Å². The number of nitrogens with one attached hydrogen (secondary N) is 1. The van der Waals surface area contributed by atoms with E-state index in [0.29, 0.717) is 16.5 Å². The molecule has 18 heavy (non-hydrogen) atoms. The highest BCUT2D eigenvalue weighted by Gasteiger charge is 2.27. The second-order valence-electron chi connectivity index (χ2n) is 4.77. The first kappa shape index (κ1) is 13.1. The molecule has 0 aliphatic heterocycles. The first-order valence-electron chi connectivity index (χ1n) is 6.24. The zero-order chi connectivity index (χ0) is 13.3. The van der Waals surface area contributed by atoms with Gasteiger partial charge in [-0.05, 0) is 30.7 Å². The van der Waals surface area contributed by atoms with Gasteiger partial charge in [0.15, 0.2) is 0 Å². The molecule has 3 N–H and O–H groups in total. The number of fused-ring (bicyclic) bond motifs is 1. The summed E-state index contributed by atoms with van der Waals surface area (Å²) in [6.45, 7) is 3.63. The third-order valence-corrected chi connectivity index (χ3v) is 4.65. The van der Waals surface area contributed by atoms with Crippen LogP contribution in [0.1, 0.15) is 47.5 Å². The SMILES string of the molecule is CC[C@H]1CCc2c(sc(NC(C)=O)c2C(N)=O)C1. The lowest BCUT2D eigenvalue weighted by Crippen LogP contribution is -2.19. The predicted octanol–water partition coefficient (Wildman–Crippen LogP) is 2.32. The van der Waals surface area contributed by atoms with Crippen LogP contribution in [0.5, 0.6) is 0 Å². The summed E-state index contributed by atoms with van der Waals surface area (Å²) in [4.78, 5) is 23.9. The summed E-state index contributed by atoms with van der Waals surface area (Å²) in [5.41, 5.74) is 7.03. The number of carbonyl (C=O) groups excluding carboxylic acids is 2. The molecular weight excluding hydrogens is 248 g/mol. The molecule has 1 atom stereocenters. The van der Waals surface area contributed by atoms with Gasteiger partial charge < -0.3 is 11.1 Å². The molecule has 0 saturated carbocycles. The minimum atomic E-state index is -0.439. The predicted molar refractivity (Wildman–Crippen MR) is 72.9 cm³/mol. The minimum absolute atomic E-state index is 0.164. The Morgan fingerprint density at radius 3 is 2.78 bits per heavy atom. The van der Waals surface area contributed by atoms with E-state index in [1.54, 1.807) is 0 Å². The van der Waals surface area contributed by atoms with Crippen LogP contribution in [0.2, 0.25) is 0 Å². The van der Waals surface area contributed by atoms with Gasteiger partial charge in [0.2, 0.25) is 5.91 Å². The Hall–Kier alpha value is -1.36. The zero-order valence-electron chi connectivity index (χ0n) is 10.7. The molecule has 98 valence electrons. The number of anilines is 1. The lowest BCUT2D eigenvalue weighted by Gasteiger charge is -2.20. The van der Waals surface area contributed by atoms with Crippen molar-refractivity contribution in [3.63, 3.8) is 0 Å². The summed E-state index contributed by atoms with van der Waals surface area (Å²) in [5.74, 6) is 0.0800. The summed E-state index contributed by atoms with van der Waals surface area (Å²) in [5, 5.41) is 3.35. The van der Waals surface area contributed by atoms with Crippen LogP contribution < -0.4 is 11.1 Å². The van der Waals surface area contributed by atoms with Gasteiger partial charge in [0, 0.05) is 11.8 Å². The van der Waals surface area contributed by atoms with E-state index in [4.69, 9.17) is 5.73 Å². The average molecular weight is 266 g/mol. The van der Waals surface area contributed by atoms with Crippen molar-refractivity contribution in [2.24, 2.45) is 11.7 Å². The summed E-state index contributed by atoms with van der Waals surface area (Å²) in [6.07, 6.45) is 4.14. The minimum Gasteiger partial charge on any atom is -0.365 e. The zero-order valence-corrected chi connectivity index (χ0v) is 11.5. The number of amides is 2. The Morgan fingerprint density at radius 1 is 1.50 bits per heavy atom. The first-order chi connectivity index (χ1) is 8.52. The summed E-state index contributed by atoms with van der Waals surface area (Å²) >= 11 is 1.50. The molecule has 0 bridgehead atoms. The maximum Gasteiger partial charge on any atom is 0.251 e. The Balaban J connectivity index is 2.40. The quantitative estimate of drug-likeness (QED) is 0.881. The number of rotatable bonds is 3. The van der Waals surface area contributed by atoms with E-state index >= 15 is 0 Å². The Morgan fingerprint density at radius 2 is 2.22 bits per heavy atom. The number of nitrogens with two attached hydrogens (primary N) is 1. The van der Waals surface area contributed by atoms with Gasteiger partial charge in [-0.2, -0.15) is 0 Å². The average Bonchev–Trinajstić information content (AvgIpc) is 2.64. The van der Waals surface area contributed by atoms with E-state index < -0.39 is 5.91 Å². The molecule has 0 aromatic carbocycles. The van der Waals surface area contributed by atoms with Crippen LogP contribution in [0.25, 0.3) is 0 Å². The highest BCUT2D eigenvalue weighted by atomic mass is 32.1. The van der Waals surface area contributed by atoms with Crippen molar-refractivity contribution in [1.82, 2.24) is 0 Å². The Bertz CT molecular complexity index is 493. The van der Waals surface area contributed by atoms with Gasteiger partial charge in [0.25, 0.3) is 5.91 Å². The molecular formula is C13H18N2O2S. The lowest BCUT2D eigenvalue weighted by atomic mass is 9.85. The maximum atomic E-state index is 11.6. The normalized spacial score (nSPS) is 18.2. The van der Waals surface area contributed by atoms with Crippen molar-refractivity contribution in [2.75, 3.05) is 5.32 Å². The van der Waals surface area contributed by atoms with Crippen molar-refractivity contribution in [3.05, 3.63) is 16.0 Å². The largest absolute Gasteiger partial charge is 0.365 e. The maximum absolute atomic E-state index is 11.6. The molecule has 1 aromatic rings. The molecule has 1 aromatic heterocycles. The number of carbonyl (C=O) groups is 2.